The summed E-state index contributed by atoms with van der Waals surface area (Å²) in [6.45, 7) is 13.8. The predicted octanol–water partition coefficient (Wildman–Crippen LogP) is 4.42. The Balaban J connectivity index is 1.41. The summed E-state index contributed by atoms with van der Waals surface area (Å²) in [5, 5.41) is 7.98. The molecule has 5 aliphatic rings. The van der Waals surface area contributed by atoms with Crippen LogP contribution in [0.25, 0.3) is 6.08 Å². The van der Waals surface area contributed by atoms with Crippen LogP contribution in [0.1, 0.15) is 56.5 Å². The fourth-order valence-corrected chi connectivity index (χ4v) is 8.02. The van der Waals surface area contributed by atoms with E-state index in [4.69, 9.17) is 14.3 Å². The van der Waals surface area contributed by atoms with E-state index in [0.29, 0.717) is 47.6 Å². The lowest BCUT2D eigenvalue weighted by Crippen LogP contribution is -2.62. The van der Waals surface area contributed by atoms with Gasteiger partial charge in [0.05, 0.1) is 26.4 Å². The molecular formula is C35H50N4O5. The van der Waals surface area contributed by atoms with Gasteiger partial charge in [0.15, 0.2) is 0 Å². The van der Waals surface area contributed by atoms with Gasteiger partial charge in [0.25, 0.3) is 5.91 Å². The molecule has 8 atom stereocenters. The minimum atomic E-state index is -0.501. The summed E-state index contributed by atoms with van der Waals surface area (Å²) in [4.78, 5) is 35.0. The molecule has 2 saturated heterocycles. The van der Waals surface area contributed by atoms with Crippen LogP contribution in [0, 0.1) is 29.1 Å². The van der Waals surface area contributed by atoms with Crippen molar-refractivity contribution in [2.24, 2.45) is 29.1 Å². The van der Waals surface area contributed by atoms with Crippen molar-refractivity contribution in [2.75, 3.05) is 46.3 Å². The first-order valence-electron chi connectivity index (χ1n) is 15.9. The third-order valence-electron chi connectivity index (χ3n) is 10.8. The van der Waals surface area contributed by atoms with Crippen LogP contribution in [0.4, 0.5) is 5.69 Å². The van der Waals surface area contributed by atoms with Gasteiger partial charge in [-0.15, -0.1) is 0 Å². The number of anilines is 1. The molecule has 6 rings (SSSR count). The van der Waals surface area contributed by atoms with Crippen LogP contribution < -0.4 is 15.5 Å². The molecule has 2 amide bonds. The van der Waals surface area contributed by atoms with E-state index in [2.05, 4.69) is 38.0 Å². The van der Waals surface area contributed by atoms with Crippen LogP contribution in [0.15, 0.2) is 48.3 Å². The van der Waals surface area contributed by atoms with Crippen LogP contribution >= 0.6 is 0 Å². The number of nitrogens with one attached hydrogen (secondary N) is 2. The van der Waals surface area contributed by atoms with Crippen LogP contribution in [-0.4, -0.2) is 82.6 Å². The smallest absolute Gasteiger partial charge is 0.251 e. The second-order valence-corrected chi connectivity index (χ2v) is 13.8. The van der Waals surface area contributed by atoms with Crippen molar-refractivity contribution in [3.8, 4) is 0 Å². The van der Waals surface area contributed by atoms with Crippen LogP contribution in [0.3, 0.4) is 0 Å². The number of carbonyl (C=O) groups excluding carboxylic acids is 2. The Morgan fingerprint density at radius 2 is 1.95 bits per heavy atom. The maximum atomic E-state index is 14.1. The highest BCUT2D eigenvalue weighted by Crippen LogP contribution is 2.61. The highest BCUT2D eigenvalue weighted by atomic mass is 16.7. The van der Waals surface area contributed by atoms with E-state index < -0.39 is 6.04 Å². The van der Waals surface area contributed by atoms with Gasteiger partial charge in [0.1, 0.15) is 17.9 Å². The third kappa shape index (κ3) is 5.94. The number of benzene rings is 1. The molecule has 0 spiro atoms. The molecule has 2 bridgehead atoms. The molecule has 2 aliphatic heterocycles. The summed E-state index contributed by atoms with van der Waals surface area (Å²) in [6.07, 6.45) is 7.50. The summed E-state index contributed by atoms with van der Waals surface area (Å²) in [7, 11) is 7.11. The van der Waals surface area contributed by atoms with Crippen molar-refractivity contribution in [2.45, 2.75) is 64.8 Å². The predicted molar refractivity (Wildman–Crippen MR) is 173 cm³/mol. The first-order valence-corrected chi connectivity index (χ1v) is 15.9. The normalized spacial score (nSPS) is 32.8. The lowest BCUT2D eigenvalue weighted by Gasteiger charge is -2.62. The monoisotopic (exact) mass is 606 g/mol. The number of hydrogen-bond donors (Lipinski definition) is 2. The lowest BCUT2D eigenvalue weighted by atomic mass is 9.45. The fraction of sp³-hybridized carbons (Fsp3) is 0.600. The second kappa shape index (κ2) is 12.7. The van der Waals surface area contributed by atoms with Gasteiger partial charge in [-0.05, 0) is 72.8 Å². The summed E-state index contributed by atoms with van der Waals surface area (Å²) in [5.41, 5.74) is 3.41. The SMILES string of the molecule is C=C/C=C(CN1O[C@H]2CO[C@H](C)[C@H]2[C@H]1C(=O)N[C@H]1C[C@H]2C[C@@H]([C@@H]1C)C2(C)C)\C(=C\c1cc(C(=O)NC)cc(N(C)C)c1)OC. The van der Waals surface area contributed by atoms with E-state index in [1.54, 1.807) is 20.2 Å². The zero-order valence-corrected chi connectivity index (χ0v) is 27.6. The van der Waals surface area contributed by atoms with Crippen molar-refractivity contribution in [3.05, 3.63) is 59.4 Å². The van der Waals surface area contributed by atoms with Crippen LogP contribution in [0.2, 0.25) is 0 Å². The van der Waals surface area contributed by atoms with E-state index in [9.17, 15) is 9.59 Å². The first-order chi connectivity index (χ1) is 20.9. The molecule has 0 unspecified atom stereocenters. The lowest BCUT2D eigenvalue weighted by molar-refractivity contribution is -0.175. The second-order valence-electron chi connectivity index (χ2n) is 13.8. The maximum Gasteiger partial charge on any atom is 0.251 e. The summed E-state index contributed by atoms with van der Waals surface area (Å²) in [5.74, 6) is 2.07. The Bertz CT molecular complexity index is 1340. The van der Waals surface area contributed by atoms with Gasteiger partial charge in [-0.1, -0.05) is 39.5 Å². The van der Waals surface area contributed by atoms with Crippen molar-refractivity contribution >= 4 is 23.6 Å². The molecule has 3 aliphatic carbocycles. The Labute approximate surface area is 262 Å². The summed E-state index contributed by atoms with van der Waals surface area (Å²) < 4.78 is 11.9. The number of hydroxylamine groups is 2. The average molecular weight is 607 g/mol. The standard InChI is InChI=1S/C35H50N4O5/c1-10-11-23(29(42-9)14-22-12-24(33(40)36-6)15-26(13-22)38(7)8)18-39-32(31-21(3)43-19-30(31)44-39)34(41)37-28-17-25-16-27(20(28)2)35(25,4)5/h10-15,20-21,25,27-28,30-32H,1,16-19H2,2-9H3,(H,36,40)(H,37,41)/b23-11-,29-14-/t20-,21+,25+,27-,28-,30-,31+,32-/m0/s1. The van der Waals surface area contributed by atoms with Crippen molar-refractivity contribution < 1.29 is 23.9 Å². The number of allylic oxidation sites excluding steroid dienone is 2. The Morgan fingerprint density at radius 3 is 2.57 bits per heavy atom. The average Bonchev–Trinajstić information content (AvgIpc) is 3.54. The number of amides is 2. The zero-order valence-electron chi connectivity index (χ0n) is 27.6. The Kier molecular flexibility index (Phi) is 9.31. The number of nitrogens with zero attached hydrogens (tertiary/aromatic N) is 2. The third-order valence-corrected chi connectivity index (χ3v) is 10.8. The largest absolute Gasteiger partial charge is 0.496 e. The van der Waals surface area contributed by atoms with Crippen molar-refractivity contribution in [1.29, 1.82) is 0 Å². The number of carbonyl (C=O) groups is 2. The van der Waals surface area contributed by atoms with E-state index in [-0.39, 0.29) is 36.0 Å². The van der Waals surface area contributed by atoms with Crippen molar-refractivity contribution in [3.63, 3.8) is 0 Å². The molecule has 0 aromatic heterocycles. The highest BCUT2D eigenvalue weighted by Gasteiger charge is 2.58. The molecule has 2 N–H and O–H groups in total. The minimum absolute atomic E-state index is 0.000564. The van der Waals surface area contributed by atoms with Gasteiger partial charge in [-0.25, -0.2) is 0 Å². The van der Waals surface area contributed by atoms with E-state index in [1.165, 1.54) is 6.42 Å². The fourth-order valence-electron chi connectivity index (χ4n) is 8.02. The number of rotatable bonds is 10. The molecule has 9 nitrogen and oxygen atoms in total. The first kappa shape index (κ1) is 32.3. The van der Waals surface area contributed by atoms with E-state index in [0.717, 1.165) is 23.2 Å². The number of hydrogen-bond acceptors (Lipinski definition) is 7. The molecule has 1 aromatic carbocycles. The van der Waals surface area contributed by atoms with Gasteiger partial charge in [0, 0.05) is 49.9 Å². The van der Waals surface area contributed by atoms with Crippen LogP contribution in [0.5, 0.6) is 0 Å². The van der Waals surface area contributed by atoms with Crippen molar-refractivity contribution in [1.82, 2.24) is 15.7 Å². The molecule has 9 heteroatoms. The summed E-state index contributed by atoms with van der Waals surface area (Å²) >= 11 is 0. The molecule has 2 heterocycles. The maximum absolute atomic E-state index is 14.1. The molecule has 3 saturated carbocycles. The Hall–Kier alpha value is -3.14. The van der Waals surface area contributed by atoms with Gasteiger partial charge < -0.3 is 25.0 Å². The van der Waals surface area contributed by atoms with Gasteiger partial charge >= 0.3 is 0 Å². The quantitative estimate of drug-likeness (QED) is 0.301. The van der Waals surface area contributed by atoms with Gasteiger partial charge in [0.2, 0.25) is 5.91 Å². The number of ether oxygens (including phenoxy) is 2. The van der Waals surface area contributed by atoms with Crippen LogP contribution in [-0.2, 0) is 19.1 Å². The number of methoxy groups -OCH3 is 1. The zero-order chi connectivity index (χ0) is 31.9. The van der Waals surface area contributed by atoms with Gasteiger partial charge in [-0.3, -0.25) is 14.4 Å². The van der Waals surface area contributed by atoms with Gasteiger partial charge in [-0.2, -0.15) is 5.06 Å². The molecule has 0 radical (unpaired) electrons. The molecular weight excluding hydrogens is 556 g/mol. The topological polar surface area (TPSA) is 92.4 Å². The minimum Gasteiger partial charge on any atom is -0.496 e. The molecule has 240 valence electrons. The van der Waals surface area contributed by atoms with E-state index >= 15 is 0 Å². The number of fused-ring (bicyclic) bond motifs is 3. The van der Waals surface area contributed by atoms with E-state index in [1.807, 2.05) is 61.3 Å². The summed E-state index contributed by atoms with van der Waals surface area (Å²) in [6, 6.07) is 5.34. The Morgan fingerprint density at radius 1 is 1.20 bits per heavy atom. The molecule has 44 heavy (non-hydrogen) atoms. The molecule has 1 aromatic rings. The molecule has 5 fully saturated rings. The highest BCUT2D eigenvalue weighted by molar-refractivity contribution is 5.95.